The highest BCUT2D eigenvalue weighted by molar-refractivity contribution is 5.71. The Bertz CT molecular complexity index is 782. The highest BCUT2D eigenvalue weighted by Crippen LogP contribution is 2.38. The Labute approximate surface area is 124 Å². The summed E-state index contributed by atoms with van der Waals surface area (Å²) in [5.74, 6) is -0.0175. The van der Waals surface area contributed by atoms with Crippen LogP contribution in [-0.2, 0) is 11.8 Å². The van der Waals surface area contributed by atoms with Gasteiger partial charge in [-0.3, -0.25) is 13.9 Å². The molecule has 22 heavy (non-hydrogen) atoms. The molecule has 120 valence electrons. The zero-order valence-corrected chi connectivity index (χ0v) is 12.0. The Morgan fingerprint density at radius 3 is 2.82 bits per heavy atom. The normalized spacial score (nSPS) is 32.0. The molecule has 2 aromatic heterocycles. The zero-order valence-electron chi connectivity index (χ0n) is 12.0. The Hall–Kier alpha value is -2.01. The van der Waals surface area contributed by atoms with Crippen LogP contribution < -0.4 is 11.3 Å². The van der Waals surface area contributed by atoms with Gasteiger partial charge in [0, 0.05) is 7.05 Å². The van der Waals surface area contributed by atoms with Crippen LogP contribution in [0.15, 0.2) is 11.1 Å². The maximum Gasteiger partial charge on any atom is 0.282 e. The highest BCUT2D eigenvalue weighted by atomic mass is 16.6. The molecule has 3 rings (SSSR count). The summed E-state index contributed by atoms with van der Waals surface area (Å²) in [4.78, 5) is 20.2. The average molecular weight is 311 g/mol. The van der Waals surface area contributed by atoms with Gasteiger partial charge in [-0.05, 0) is 6.92 Å². The van der Waals surface area contributed by atoms with E-state index in [0.717, 1.165) is 4.57 Å². The number of aliphatic hydroxyl groups excluding tert-OH is 2. The molecule has 0 aromatic carbocycles. The van der Waals surface area contributed by atoms with E-state index in [4.69, 9.17) is 10.5 Å². The molecule has 1 aliphatic heterocycles. The standard InChI is InChI=1S/C12H17N5O5/c1-12(21)7(19)5(3-18)22-10(12)17-4-14-6-8(17)15-11(13)16(2)9(6)20/h4-5,7,10,18-19,21H,3H2,1-2H3,(H2,13,15)/t5-,7+,10-,12?/m1/s1. The van der Waals surface area contributed by atoms with Crippen LogP contribution in [0.2, 0.25) is 0 Å². The van der Waals surface area contributed by atoms with Crippen molar-refractivity contribution in [3.05, 3.63) is 16.7 Å². The molecule has 0 amide bonds. The number of ether oxygens (including phenoxy) is 1. The number of nitrogens with two attached hydrogens (primary N) is 1. The van der Waals surface area contributed by atoms with Gasteiger partial charge in [-0.15, -0.1) is 0 Å². The fraction of sp³-hybridized carbons (Fsp3) is 0.583. The van der Waals surface area contributed by atoms with Crippen molar-refractivity contribution in [2.75, 3.05) is 12.3 Å². The van der Waals surface area contributed by atoms with Crippen molar-refractivity contribution in [2.45, 2.75) is 31.0 Å². The van der Waals surface area contributed by atoms with Gasteiger partial charge in [0.25, 0.3) is 5.56 Å². The second-order valence-electron chi connectivity index (χ2n) is 5.54. The molecule has 0 radical (unpaired) electrons. The van der Waals surface area contributed by atoms with E-state index < -0.39 is 36.2 Å². The van der Waals surface area contributed by atoms with Crippen molar-refractivity contribution in [3.63, 3.8) is 0 Å². The van der Waals surface area contributed by atoms with E-state index in [-0.39, 0.29) is 17.1 Å². The quantitative estimate of drug-likeness (QED) is 0.484. The summed E-state index contributed by atoms with van der Waals surface area (Å²) < 4.78 is 7.96. The molecule has 1 aliphatic rings. The SMILES string of the molecule is Cn1c(N)nc2c(ncn2[C@@H]2O[C@H](CO)[C@H](O)C2(C)O)c1=O. The molecular formula is C12H17N5O5. The number of hydrogen-bond acceptors (Lipinski definition) is 8. The van der Waals surface area contributed by atoms with Crippen molar-refractivity contribution in [1.82, 2.24) is 19.1 Å². The summed E-state index contributed by atoms with van der Waals surface area (Å²) in [7, 11) is 1.47. The summed E-state index contributed by atoms with van der Waals surface area (Å²) in [6, 6.07) is 0. The van der Waals surface area contributed by atoms with Crippen LogP contribution in [0.1, 0.15) is 13.2 Å². The molecule has 0 spiro atoms. The van der Waals surface area contributed by atoms with Crippen LogP contribution in [0.3, 0.4) is 0 Å². The smallest absolute Gasteiger partial charge is 0.282 e. The second-order valence-corrected chi connectivity index (χ2v) is 5.54. The molecule has 5 N–H and O–H groups in total. The van der Waals surface area contributed by atoms with Crippen molar-refractivity contribution in [1.29, 1.82) is 0 Å². The van der Waals surface area contributed by atoms with Gasteiger partial charge in [-0.25, -0.2) is 4.98 Å². The van der Waals surface area contributed by atoms with Gasteiger partial charge in [0.1, 0.15) is 17.8 Å². The van der Waals surface area contributed by atoms with Crippen molar-refractivity contribution < 1.29 is 20.1 Å². The van der Waals surface area contributed by atoms with E-state index >= 15 is 0 Å². The first-order chi connectivity index (χ1) is 10.3. The number of fused-ring (bicyclic) bond motifs is 1. The van der Waals surface area contributed by atoms with E-state index in [0.29, 0.717) is 0 Å². The molecule has 0 aliphatic carbocycles. The maximum absolute atomic E-state index is 12.1. The largest absolute Gasteiger partial charge is 0.394 e. The number of aromatic nitrogens is 4. The van der Waals surface area contributed by atoms with Crippen LogP contribution in [0.25, 0.3) is 11.2 Å². The summed E-state index contributed by atoms with van der Waals surface area (Å²) >= 11 is 0. The highest BCUT2D eigenvalue weighted by Gasteiger charge is 2.53. The summed E-state index contributed by atoms with van der Waals surface area (Å²) in [5, 5.41) is 29.7. The predicted molar refractivity (Wildman–Crippen MR) is 74.8 cm³/mol. The van der Waals surface area contributed by atoms with E-state index in [9.17, 15) is 20.1 Å². The first-order valence-corrected chi connectivity index (χ1v) is 6.64. The van der Waals surface area contributed by atoms with E-state index in [1.807, 2.05) is 0 Å². The molecule has 1 saturated heterocycles. The molecule has 4 atom stereocenters. The van der Waals surface area contributed by atoms with Gasteiger partial charge in [-0.1, -0.05) is 0 Å². The van der Waals surface area contributed by atoms with E-state index in [1.165, 1.54) is 24.9 Å². The monoisotopic (exact) mass is 311 g/mol. The van der Waals surface area contributed by atoms with Crippen molar-refractivity contribution in [3.8, 4) is 0 Å². The zero-order chi connectivity index (χ0) is 16.2. The number of anilines is 1. The average Bonchev–Trinajstić information content (AvgIpc) is 2.97. The third-order valence-corrected chi connectivity index (χ3v) is 4.03. The third kappa shape index (κ3) is 1.85. The van der Waals surface area contributed by atoms with Crippen molar-refractivity contribution >= 4 is 17.1 Å². The lowest BCUT2D eigenvalue weighted by atomic mass is 9.96. The van der Waals surface area contributed by atoms with Gasteiger partial charge in [0.15, 0.2) is 17.4 Å². The van der Waals surface area contributed by atoms with Crippen molar-refractivity contribution in [2.24, 2.45) is 7.05 Å². The molecule has 0 bridgehead atoms. The predicted octanol–water partition coefficient (Wildman–Crippen LogP) is -2.29. The minimum absolute atomic E-state index is 0.0175. The molecule has 10 heteroatoms. The number of imidazole rings is 1. The topological polar surface area (TPSA) is 149 Å². The van der Waals surface area contributed by atoms with Gasteiger partial charge < -0.3 is 25.8 Å². The molecule has 0 saturated carbocycles. The van der Waals surface area contributed by atoms with Crippen LogP contribution in [-0.4, -0.2) is 58.8 Å². The Kier molecular flexibility index (Phi) is 3.22. The molecule has 3 heterocycles. The van der Waals surface area contributed by atoms with Gasteiger partial charge >= 0.3 is 0 Å². The Morgan fingerprint density at radius 2 is 2.23 bits per heavy atom. The lowest BCUT2D eigenvalue weighted by Crippen LogP contribution is -2.44. The minimum Gasteiger partial charge on any atom is -0.394 e. The van der Waals surface area contributed by atoms with Crippen LogP contribution >= 0.6 is 0 Å². The van der Waals surface area contributed by atoms with Crippen LogP contribution in [0.4, 0.5) is 5.95 Å². The minimum atomic E-state index is -1.70. The number of aliphatic hydroxyl groups is 3. The molecular weight excluding hydrogens is 294 g/mol. The lowest BCUT2D eigenvalue weighted by Gasteiger charge is -2.27. The van der Waals surface area contributed by atoms with Crippen LogP contribution in [0, 0.1) is 0 Å². The first-order valence-electron chi connectivity index (χ1n) is 6.64. The number of nitrogens with zero attached hydrogens (tertiary/aromatic N) is 4. The molecule has 2 aromatic rings. The van der Waals surface area contributed by atoms with Crippen LogP contribution in [0.5, 0.6) is 0 Å². The lowest BCUT2D eigenvalue weighted by molar-refractivity contribution is -0.0950. The van der Waals surface area contributed by atoms with E-state index in [1.54, 1.807) is 0 Å². The maximum atomic E-state index is 12.1. The van der Waals surface area contributed by atoms with Gasteiger partial charge in [0.2, 0.25) is 5.95 Å². The summed E-state index contributed by atoms with van der Waals surface area (Å²) in [5.41, 5.74) is 3.76. The first kappa shape index (κ1) is 14.9. The fourth-order valence-corrected chi connectivity index (χ4v) is 2.62. The number of nitrogen functional groups attached to an aromatic ring is 1. The molecule has 1 unspecified atom stereocenters. The summed E-state index contributed by atoms with van der Waals surface area (Å²) in [6.45, 7) is 0.909. The van der Waals surface area contributed by atoms with Gasteiger partial charge in [0.05, 0.1) is 12.9 Å². The second kappa shape index (κ2) is 4.74. The Balaban J connectivity index is 2.18. The fourth-order valence-electron chi connectivity index (χ4n) is 2.62. The van der Waals surface area contributed by atoms with Gasteiger partial charge in [-0.2, -0.15) is 4.98 Å². The molecule has 10 nitrogen and oxygen atoms in total. The third-order valence-electron chi connectivity index (χ3n) is 4.03. The number of hydrogen-bond donors (Lipinski definition) is 4. The van der Waals surface area contributed by atoms with E-state index in [2.05, 4.69) is 9.97 Å². The summed E-state index contributed by atoms with van der Waals surface area (Å²) in [6.07, 6.45) is -2.04. The number of rotatable bonds is 2. The molecule has 1 fully saturated rings. The Morgan fingerprint density at radius 1 is 1.55 bits per heavy atom.